The molecule has 4 heterocycles. The molecule has 0 saturated carbocycles. The number of halogens is 1. The zero-order chi connectivity index (χ0) is 37.6. The molecule has 0 bridgehead atoms. The Labute approximate surface area is 316 Å². The van der Waals surface area contributed by atoms with E-state index in [2.05, 4.69) is 98.8 Å². The molecule has 0 unspecified atom stereocenters. The second kappa shape index (κ2) is 14.7. The molecule has 0 atom stereocenters. The van der Waals surface area contributed by atoms with Crippen LogP contribution in [0.15, 0.2) is 102 Å². The van der Waals surface area contributed by atoms with Crippen LogP contribution in [0.1, 0.15) is 71.7 Å². The quantitative estimate of drug-likeness (QED) is 0.162. The van der Waals surface area contributed by atoms with Gasteiger partial charge in [0.2, 0.25) is 0 Å². The van der Waals surface area contributed by atoms with Gasteiger partial charge in [0, 0.05) is 53.0 Å². The fraction of sp³-hybridized carbons (Fsp3) is 0.205. The summed E-state index contributed by atoms with van der Waals surface area (Å²) < 4.78 is 43.1. The first-order valence-corrected chi connectivity index (χ1v) is 16.8. The fourth-order valence-corrected chi connectivity index (χ4v) is 6.56. The predicted octanol–water partition coefficient (Wildman–Crippen LogP) is 11.6. The summed E-state index contributed by atoms with van der Waals surface area (Å²) in [5.41, 5.74) is 11.6. The molecule has 8 aromatic rings. The SMILES string of the molecule is Cc1cc2nc(-c3[c-]ccc4c3oc3ccccc34)n(-c3c(C(C)C)cccc3C(C)C)c2c(C)n1.[2H]C([2H])([2H])c1ccc(-c2[c-]cc(F)cc2)nc1.[Ir]. The maximum absolute atomic E-state index is 12.7. The molecule has 5 nitrogen and oxygen atoms in total. The van der Waals surface area contributed by atoms with Gasteiger partial charge in [0.15, 0.2) is 0 Å². The van der Waals surface area contributed by atoms with E-state index in [4.69, 9.17) is 18.5 Å². The summed E-state index contributed by atoms with van der Waals surface area (Å²) in [5.74, 6) is 1.15. The summed E-state index contributed by atoms with van der Waals surface area (Å²) in [7, 11) is 0. The van der Waals surface area contributed by atoms with Crippen LogP contribution in [0.5, 0.6) is 0 Å². The van der Waals surface area contributed by atoms with Crippen LogP contribution in [0.3, 0.4) is 0 Å². The zero-order valence-corrected chi connectivity index (χ0v) is 31.7. The van der Waals surface area contributed by atoms with E-state index < -0.39 is 6.85 Å². The van der Waals surface area contributed by atoms with Gasteiger partial charge < -0.3 is 14.0 Å². The van der Waals surface area contributed by atoms with Crippen molar-refractivity contribution in [1.29, 1.82) is 0 Å². The molecular weight excluding hydrogens is 812 g/mol. The Morgan fingerprint density at radius 3 is 2.27 bits per heavy atom. The van der Waals surface area contributed by atoms with Crippen LogP contribution in [-0.2, 0) is 20.1 Å². The zero-order valence-electron chi connectivity index (χ0n) is 32.3. The Kier molecular flexibility index (Phi) is 9.22. The van der Waals surface area contributed by atoms with E-state index in [1.54, 1.807) is 12.1 Å². The third-order valence-electron chi connectivity index (χ3n) is 8.88. The Morgan fingerprint density at radius 2 is 1.61 bits per heavy atom. The van der Waals surface area contributed by atoms with E-state index in [-0.39, 0.29) is 31.5 Å². The van der Waals surface area contributed by atoms with Gasteiger partial charge >= 0.3 is 0 Å². The molecule has 4 aromatic carbocycles. The Morgan fingerprint density at radius 1 is 0.843 bits per heavy atom. The number of pyridine rings is 2. The molecular formula is C44H39FIrN4O-2. The first-order valence-electron chi connectivity index (χ1n) is 18.3. The number of fused-ring (bicyclic) bond motifs is 4. The molecule has 0 N–H and O–H groups in total. The van der Waals surface area contributed by atoms with E-state index in [0.29, 0.717) is 23.1 Å². The second-order valence-corrected chi connectivity index (χ2v) is 13.1. The average Bonchev–Trinajstić information content (AvgIpc) is 3.70. The van der Waals surface area contributed by atoms with Gasteiger partial charge in [-0.25, -0.2) is 0 Å². The minimum Gasteiger partial charge on any atom is -0.501 e. The summed E-state index contributed by atoms with van der Waals surface area (Å²) in [5, 5.41) is 2.18. The standard InChI is InChI=1S/C32H30N3O.C12H9FN.Ir/c1-18(2)22-12-9-13-23(19(3)4)30(22)35-29-21(6)33-20(5)17-27(29)34-32(35)26-15-10-14-25-24-11-7-8-16-28(24)36-31(25)26;1-9-2-7-12(14-8-9)10-3-5-11(13)6-4-10;/h7-14,16-19H,1-6H3;2-3,5-8H,1H3;/q2*-1;/i;1D3;. The van der Waals surface area contributed by atoms with Crippen LogP contribution < -0.4 is 0 Å². The maximum atomic E-state index is 12.7. The van der Waals surface area contributed by atoms with Crippen LogP contribution in [0.4, 0.5) is 4.39 Å². The summed E-state index contributed by atoms with van der Waals surface area (Å²) in [6.45, 7) is 11.0. The van der Waals surface area contributed by atoms with Gasteiger partial charge in [-0.1, -0.05) is 87.2 Å². The van der Waals surface area contributed by atoms with Gasteiger partial charge in [-0.15, -0.1) is 48.0 Å². The summed E-state index contributed by atoms with van der Waals surface area (Å²) >= 11 is 0. The number of hydrogen-bond donors (Lipinski definition) is 0. The third kappa shape index (κ3) is 6.89. The van der Waals surface area contributed by atoms with Crippen molar-refractivity contribution in [2.45, 2.75) is 60.2 Å². The Balaban J connectivity index is 0.000000233. The first kappa shape index (κ1) is 32.0. The van der Waals surface area contributed by atoms with E-state index in [9.17, 15) is 4.39 Å². The molecule has 4 aromatic heterocycles. The largest absolute Gasteiger partial charge is 0.501 e. The number of rotatable bonds is 5. The van der Waals surface area contributed by atoms with Crippen LogP contribution >= 0.6 is 0 Å². The van der Waals surface area contributed by atoms with Crippen LogP contribution in [0, 0.1) is 38.6 Å². The molecule has 7 heteroatoms. The van der Waals surface area contributed by atoms with Gasteiger partial charge in [0.25, 0.3) is 0 Å². The van der Waals surface area contributed by atoms with E-state index in [1.165, 1.54) is 41.2 Å². The monoisotopic (exact) mass is 854 g/mol. The van der Waals surface area contributed by atoms with Gasteiger partial charge in [0.05, 0.1) is 28.1 Å². The number of aryl methyl sites for hydroxylation is 3. The molecule has 1 radical (unpaired) electrons. The fourth-order valence-electron chi connectivity index (χ4n) is 6.56. The molecule has 8 rings (SSSR count). The third-order valence-corrected chi connectivity index (χ3v) is 8.88. The van der Waals surface area contributed by atoms with Crippen LogP contribution in [0.25, 0.3) is 61.3 Å². The van der Waals surface area contributed by atoms with E-state index in [0.717, 1.165) is 55.7 Å². The summed E-state index contributed by atoms with van der Waals surface area (Å²) in [4.78, 5) is 14.1. The Hall–Kier alpha value is -4.97. The number of benzene rings is 4. The first-order chi connectivity index (χ1) is 25.3. The topological polar surface area (TPSA) is 56.7 Å². The van der Waals surface area contributed by atoms with E-state index in [1.807, 2.05) is 25.1 Å². The summed E-state index contributed by atoms with van der Waals surface area (Å²) in [6, 6.07) is 34.4. The second-order valence-electron chi connectivity index (χ2n) is 13.1. The molecule has 0 amide bonds. The molecule has 0 aliphatic carbocycles. The number of furan rings is 1. The van der Waals surface area contributed by atoms with Gasteiger partial charge in [-0.2, -0.15) is 0 Å². The van der Waals surface area contributed by atoms with Crippen molar-refractivity contribution in [3.8, 4) is 28.3 Å². The predicted molar refractivity (Wildman–Crippen MR) is 201 cm³/mol. The molecule has 51 heavy (non-hydrogen) atoms. The molecule has 0 aliphatic rings. The van der Waals surface area contributed by atoms with Gasteiger partial charge in [-0.05, 0) is 67.1 Å². The summed E-state index contributed by atoms with van der Waals surface area (Å²) in [6.07, 6.45) is 1.31. The number of aromatic nitrogens is 4. The molecule has 0 saturated heterocycles. The smallest absolute Gasteiger partial charge is 0.120 e. The van der Waals surface area contributed by atoms with Gasteiger partial charge in [0.1, 0.15) is 5.58 Å². The van der Waals surface area contributed by atoms with Crippen molar-refractivity contribution in [2.75, 3.05) is 0 Å². The van der Waals surface area contributed by atoms with Crippen molar-refractivity contribution < 1.29 is 33.0 Å². The van der Waals surface area contributed by atoms with Crippen molar-refractivity contribution in [3.05, 3.63) is 143 Å². The minimum atomic E-state index is -2.15. The number of hydrogen-bond acceptors (Lipinski definition) is 4. The van der Waals surface area contributed by atoms with E-state index >= 15 is 0 Å². The minimum absolute atomic E-state index is 0. The van der Waals surface area contributed by atoms with Crippen LogP contribution in [-0.4, -0.2) is 19.5 Å². The van der Waals surface area contributed by atoms with Crippen LogP contribution in [0.2, 0.25) is 0 Å². The van der Waals surface area contributed by atoms with Crippen molar-refractivity contribution in [2.24, 2.45) is 0 Å². The van der Waals surface area contributed by atoms with Crippen molar-refractivity contribution in [1.82, 2.24) is 19.5 Å². The molecule has 0 spiro atoms. The molecule has 259 valence electrons. The van der Waals surface area contributed by atoms with Crippen molar-refractivity contribution in [3.63, 3.8) is 0 Å². The molecule has 0 fully saturated rings. The van der Waals surface area contributed by atoms with Crippen molar-refractivity contribution >= 4 is 33.0 Å². The average molecular weight is 854 g/mol. The Bertz CT molecular complexity index is 2570. The normalized spacial score (nSPS) is 12.5. The number of para-hydroxylation sites is 2. The number of imidazole rings is 1. The maximum Gasteiger partial charge on any atom is 0.120 e. The number of nitrogens with zero attached hydrogens (tertiary/aromatic N) is 4. The molecule has 0 aliphatic heterocycles. The van der Waals surface area contributed by atoms with Gasteiger partial charge in [-0.3, -0.25) is 14.4 Å².